The van der Waals surface area contributed by atoms with Crippen LogP contribution in [-0.2, 0) is 0 Å². The number of benzene rings is 2. The summed E-state index contributed by atoms with van der Waals surface area (Å²) in [6, 6.07) is 13.4. The number of nitrogens with two attached hydrogens (primary N) is 1. The van der Waals surface area contributed by atoms with Crippen LogP contribution in [0.5, 0.6) is 11.5 Å². The van der Waals surface area contributed by atoms with Crippen molar-refractivity contribution < 1.29 is 14.3 Å². The Bertz CT molecular complexity index is 1490. The lowest BCUT2D eigenvalue weighted by Gasteiger charge is -2.40. The molecule has 2 amide bonds. The number of pyridine rings is 1. The molecule has 1 aliphatic rings. The van der Waals surface area contributed by atoms with Crippen molar-refractivity contribution in [3.63, 3.8) is 0 Å². The quantitative estimate of drug-likeness (QED) is 0.290. The minimum atomic E-state index is -0.411. The van der Waals surface area contributed by atoms with E-state index in [-0.39, 0.29) is 12.0 Å². The van der Waals surface area contributed by atoms with E-state index in [0.29, 0.717) is 45.2 Å². The molecular weight excluding hydrogens is 506 g/mol. The number of aromatic nitrogens is 3. The summed E-state index contributed by atoms with van der Waals surface area (Å²) in [5.74, 6) is 2.13. The highest BCUT2D eigenvalue weighted by molar-refractivity contribution is 6.34. The van der Waals surface area contributed by atoms with E-state index in [0.717, 1.165) is 11.1 Å². The SMILES string of the molecule is COc1ccc(N2C(=O)N(c3c(C)cccc3Cl)C(C)c3cnc(Nc4ccc(N)cc4OC)nc32)nc1. The summed E-state index contributed by atoms with van der Waals surface area (Å²) >= 11 is 6.60. The fourth-order valence-corrected chi connectivity index (χ4v) is 4.71. The second-order valence-corrected chi connectivity index (χ2v) is 9.09. The van der Waals surface area contributed by atoms with Gasteiger partial charge in [0.05, 0.1) is 42.9 Å². The van der Waals surface area contributed by atoms with Crippen LogP contribution >= 0.6 is 11.6 Å². The molecule has 5 rings (SSSR count). The molecule has 3 heterocycles. The van der Waals surface area contributed by atoms with Gasteiger partial charge < -0.3 is 20.5 Å². The maximum Gasteiger partial charge on any atom is 0.336 e. The van der Waals surface area contributed by atoms with Crippen LogP contribution in [0.1, 0.15) is 24.1 Å². The number of nitrogens with zero attached hydrogens (tertiary/aromatic N) is 5. The molecule has 4 aromatic rings. The summed E-state index contributed by atoms with van der Waals surface area (Å²) in [5, 5.41) is 3.63. The summed E-state index contributed by atoms with van der Waals surface area (Å²) in [7, 11) is 3.11. The molecule has 11 heteroatoms. The van der Waals surface area contributed by atoms with Crippen molar-refractivity contribution in [2.75, 3.05) is 35.1 Å². The first-order chi connectivity index (χ1) is 18.3. The Labute approximate surface area is 225 Å². The van der Waals surface area contributed by atoms with Crippen molar-refractivity contribution in [3.05, 3.63) is 77.1 Å². The Kier molecular flexibility index (Phi) is 6.64. The molecule has 194 valence electrons. The average molecular weight is 532 g/mol. The van der Waals surface area contributed by atoms with E-state index < -0.39 is 6.04 Å². The molecule has 0 saturated heterocycles. The summed E-state index contributed by atoms with van der Waals surface area (Å²) < 4.78 is 10.7. The molecular formula is C27H26ClN7O3. The number of carbonyl (C=O) groups is 1. The highest BCUT2D eigenvalue weighted by atomic mass is 35.5. The molecule has 1 atom stereocenters. The second kappa shape index (κ2) is 10.1. The van der Waals surface area contributed by atoms with Crippen molar-refractivity contribution in [3.8, 4) is 11.5 Å². The van der Waals surface area contributed by atoms with Crippen molar-refractivity contribution in [1.82, 2.24) is 15.0 Å². The molecule has 0 bridgehead atoms. The number of para-hydroxylation sites is 1. The van der Waals surface area contributed by atoms with Gasteiger partial charge in [-0.15, -0.1) is 0 Å². The number of nitrogens with one attached hydrogen (secondary N) is 1. The maximum atomic E-state index is 14.2. The largest absolute Gasteiger partial charge is 0.495 e. The van der Waals surface area contributed by atoms with Gasteiger partial charge in [-0.3, -0.25) is 4.90 Å². The maximum absolute atomic E-state index is 14.2. The van der Waals surface area contributed by atoms with Gasteiger partial charge in [0.2, 0.25) is 5.95 Å². The second-order valence-electron chi connectivity index (χ2n) is 8.68. The van der Waals surface area contributed by atoms with Gasteiger partial charge in [-0.2, -0.15) is 4.98 Å². The summed E-state index contributed by atoms with van der Waals surface area (Å²) in [4.78, 5) is 31.0. The molecule has 1 aliphatic heterocycles. The Morgan fingerprint density at radius 2 is 1.87 bits per heavy atom. The number of rotatable bonds is 6. The van der Waals surface area contributed by atoms with Crippen molar-refractivity contribution in [2.24, 2.45) is 0 Å². The number of nitrogen functional groups attached to an aromatic ring is 1. The number of carbonyl (C=O) groups excluding carboxylic acids is 1. The molecule has 3 N–H and O–H groups in total. The Hall–Kier alpha value is -4.57. The molecule has 2 aromatic carbocycles. The molecule has 0 fully saturated rings. The summed E-state index contributed by atoms with van der Waals surface area (Å²) in [6.07, 6.45) is 3.24. The standard InChI is InChI=1S/C27H26ClN7O3/c1-15-6-5-7-20(28)24(15)34-16(2)19-14-31-26(32-21-10-8-17(29)12-22(21)38-4)33-25(19)35(27(34)36)23-11-9-18(37-3)13-30-23/h5-14,16H,29H2,1-4H3,(H,31,32,33). The van der Waals surface area contributed by atoms with Gasteiger partial charge >= 0.3 is 6.03 Å². The van der Waals surface area contributed by atoms with E-state index in [1.54, 1.807) is 67.9 Å². The highest BCUT2D eigenvalue weighted by Gasteiger charge is 2.40. The van der Waals surface area contributed by atoms with Crippen LogP contribution in [0.25, 0.3) is 0 Å². The molecule has 10 nitrogen and oxygen atoms in total. The number of hydrogen-bond acceptors (Lipinski definition) is 8. The van der Waals surface area contributed by atoms with Crippen LogP contribution in [0.2, 0.25) is 5.02 Å². The van der Waals surface area contributed by atoms with Crippen LogP contribution in [-0.4, -0.2) is 35.2 Å². The van der Waals surface area contributed by atoms with Crippen LogP contribution in [0.15, 0.2) is 60.9 Å². The van der Waals surface area contributed by atoms with Crippen molar-refractivity contribution in [2.45, 2.75) is 19.9 Å². The number of urea groups is 1. The van der Waals surface area contributed by atoms with Gasteiger partial charge in [0.25, 0.3) is 0 Å². The average Bonchev–Trinajstić information content (AvgIpc) is 2.91. The number of hydrogen-bond donors (Lipinski definition) is 2. The van der Waals surface area contributed by atoms with E-state index in [9.17, 15) is 4.79 Å². The zero-order chi connectivity index (χ0) is 27.0. The van der Waals surface area contributed by atoms with Gasteiger partial charge in [0.1, 0.15) is 17.3 Å². The van der Waals surface area contributed by atoms with Crippen LogP contribution in [0.4, 0.5) is 39.4 Å². The molecule has 0 radical (unpaired) electrons. The minimum absolute atomic E-state index is 0.271. The monoisotopic (exact) mass is 531 g/mol. The summed E-state index contributed by atoms with van der Waals surface area (Å²) in [6.45, 7) is 3.83. The van der Waals surface area contributed by atoms with Gasteiger partial charge in [-0.05, 0) is 49.7 Å². The number of ether oxygens (including phenoxy) is 2. The first-order valence-corrected chi connectivity index (χ1v) is 12.2. The first-order valence-electron chi connectivity index (χ1n) is 11.8. The van der Waals surface area contributed by atoms with E-state index in [1.807, 2.05) is 26.0 Å². The van der Waals surface area contributed by atoms with Crippen LogP contribution in [0, 0.1) is 6.92 Å². The number of methoxy groups -OCH3 is 2. The van der Waals surface area contributed by atoms with Crippen molar-refractivity contribution >= 4 is 52.3 Å². The Morgan fingerprint density at radius 1 is 1.05 bits per heavy atom. The lowest BCUT2D eigenvalue weighted by atomic mass is 10.0. The van der Waals surface area contributed by atoms with Crippen molar-refractivity contribution in [1.29, 1.82) is 0 Å². The highest BCUT2D eigenvalue weighted by Crippen LogP contribution is 2.44. The third-order valence-corrected chi connectivity index (χ3v) is 6.63. The number of aryl methyl sites for hydroxylation is 1. The number of halogens is 1. The Balaban J connectivity index is 1.65. The predicted octanol–water partition coefficient (Wildman–Crippen LogP) is 6.02. The fourth-order valence-electron chi connectivity index (χ4n) is 4.40. The smallest absolute Gasteiger partial charge is 0.336 e. The molecule has 0 saturated carbocycles. The number of fused-ring (bicyclic) bond motifs is 1. The fraction of sp³-hybridized carbons (Fsp3) is 0.185. The molecule has 0 spiro atoms. The molecule has 0 aliphatic carbocycles. The number of anilines is 6. The third kappa shape index (κ3) is 4.39. The van der Waals surface area contributed by atoms with Gasteiger partial charge in [0.15, 0.2) is 5.82 Å². The van der Waals surface area contributed by atoms with E-state index in [1.165, 1.54) is 4.90 Å². The van der Waals surface area contributed by atoms with Crippen LogP contribution < -0.4 is 30.3 Å². The van der Waals surface area contributed by atoms with Gasteiger partial charge in [-0.1, -0.05) is 23.7 Å². The van der Waals surface area contributed by atoms with E-state index in [4.69, 9.17) is 31.8 Å². The third-order valence-electron chi connectivity index (χ3n) is 6.33. The first kappa shape index (κ1) is 25.1. The Morgan fingerprint density at radius 3 is 2.55 bits per heavy atom. The zero-order valence-corrected chi connectivity index (χ0v) is 22.0. The molecule has 2 aromatic heterocycles. The lowest BCUT2D eigenvalue weighted by molar-refractivity contribution is 0.250. The van der Waals surface area contributed by atoms with Gasteiger partial charge in [-0.25, -0.2) is 19.7 Å². The predicted molar refractivity (Wildman–Crippen MR) is 148 cm³/mol. The summed E-state index contributed by atoms with van der Waals surface area (Å²) in [5.41, 5.74) is 9.27. The van der Waals surface area contributed by atoms with Crippen LogP contribution in [0.3, 0.4) is 0 Å². The van der Waals surface area contributed by atoms with E-state index >= 15 is 0 Å². The molecule has 38 heavy (non-hydrogen) atoms. The normalized spacial score (nSPS) is 14.8. The topological polar surface area (TPSA) is 119 Å². The molecule has 1 unspecified atom stereocenters. The zero-order valence-electron chi connectivity index (χ0n) is 21.3. The lowest BCUT2D eigenvalue weighted by Crippen LogP contribution is -2.48. The van der Waals surface area contributed by atoms with E-state index in [2.05, 4.69) is 15.3 Å². The minimum Gasteiger partial charge on any atom is -0.495 e. The number of amides is 2. The van der Waals surface area contributed by atoms with Gasteiger partial charge in [0, 0.05) is 23.5 Å².